The number of carbonyl (C=O) groups is 1. The van der Waals surface area contributed by atoms with Crippen molar-refractivity contribution in [2.24, 2.45) is 13.0 Å². The molecular formula is C15H21N5OS. The third-order valence-corrected chi connectivity index (χ3v) is 4.98. The van der Waals surface area contributed by atoms with Crippen LogP contribution >= 0.6 is 11.3 Å². The summed E-state index contributed by atoms with van der Waals surface area (Å²) in [5.41, 5.74) is 3.50. The number of carbonyl (C=O) groups excluding carboxylic acids is 1. The summed E-state index contributed by atoms with van der Waals surface area (Å²) in [7, 11) is 1.83. The topological polar surface area (TPSA) is 63.1 Å². The van der Waals surface area contributed by atoms with E-state index in [9.17, 15) is 4.79 Å². The van der Waals surface area contributed by atoms with Crippen LogP contribution in [0.4, 0.5) is 0 Å². The van der Waals surface area contributed by atoms with Crippen molar-refractivity contribution in [1.29, 1.82) is 0 Å². The summed E-state index contributed by atoms with van der Waals surface area (Å²) in [6.45, 7) is 5.42. The molecule has 1 saturated heterocycles. The van der Waals surface area contributed by atoms with E-state index in [0.29, 0.717) is 18.0 Å². The Morgan fingerprint density at radius 2 is 2.45 bits per heavy atom. The van der Waals surface area contributed by atoms with E-state index < -0.39 is 0 Å². The van der Waals surface area contributed by atoms with E-state index in [2.05, 4.69) is 15.4 Å². The zero-order chi connectivity index (χ0) is 15.5. The summed E-state index contributed by atoms with van der Waals surface area (Å²) in [6.07, 6.45) is 4.54. The summed E-state index contributed by atoms with van der Waals surface area (Å²) in [5.74, 6) is 0.571. The van der Waals surface area contributed by atoms with Crippen LogP contribution in [0, 0.1) is 12.8 Å². The quantitative estimate of drug-likeness (QED) is 0.906. The molecule has 0 saturated carbocycles. The largest absolute Gasteiger partial charge is 0.333 e. The predicted molar refractivity (Wildman–Crippen MR) is 85.8 cm³/mol. The number of hydrogen-bond acceptors (Lipinski definition) is 5. The molecular weight excluding hydrogens is 298 g/mol. The SMILES string of the molecule is Cc1ncsc1CN(C[C@H]1CCNC1)C(=O)c1cnn(C)c1. The van der Waals surface area contributed by atoms with Crippen molar-refractivity contribution in [2.75, 3.05) is 19.6 Å². The average molecular weight is 319 g/mol. The second kappa shape index (κ2) is 6.58. The van der Waals surface area contributed by atoms with Gasteiger partial charge in [-0.1, -0.05) is 0 Å². The minimum Gasteiger partial charge on any atom is -0.333 e. The maximum absolute atomic E-state index is 12.8. The van der Waals surface area contributed by atoms with Gasteiger partial charge in [0.05, 0.1) is 29.5 Å². The van der Waals surface area contributed by atoms with Crippen LogP contribution in [-0.4, -0.2) is 45.2 Å². The Morgan fingerprint density at radius 1 is 1.59 bits per heavy atom. The minimum absolute atomic E-state index is 0.0489. The maximum Gasteiger partial charge on any atom is 0.257 e. The highest BCUT2D eigenvalue weighted by Gasteiger charge is 2.24. The lowest BCUT2D eigenvalue weighted by atomic mass is 10.1. The number of amides is 1. The van der Waals surface area contributed by atoms with Crippen molar-refractivity contribution >= 4 is 17.2 Å². The third kappa shape index (κ3) is 3.36. The molecule has 3 heterocycles. The Bertz CT molecular complexity index is 644. The van der Waals surface area contributed by atoms with E-state index in [1.807, 2.05) is 24.4 Å². The van der Waals surface area contributed by atoms with E-state index in [0.717, 1.165) is 36.6 Å². The zero-order valence-electron chi connectivity index (χ0n) is 13.0. The Morgan fingerprint density at radius 3 is 3.05 bits per heavy atom. The zero-order valence-corrected chi connectivity index (χ0v) is 13.8. The van der Waals surface area contributed by atoms with Crippen molar-refractivity contribution in [1.82, 2.24) is 25.0 Å². The molecule has 0 aliphatic carbocycles. The van der Waals surface area contributed by atoms with Gasteiger partial charge in [-0.25, -0.2) is 4.98 Å². The molecule has 1 fully saturated rings. The lowest BCUT2D eigenvalue weighted by Gasteiger charge is -2.24. The molecule has 0 spiro atoms. The second-order valence-electron chi connectivity index (χ2n) is 5.81. The fourth-order valence-electron chi connectivity index (χ4n) is 2.77. The van der Waals surface area contributed by atoms with E-state index >= 15 is 0 Å². The highest BCUT2D eigenvalue weighted by Crippen LogP contribution is 2.19. The third-order valence-electron chi connectivity index (χ3n) is 4.06. The molecule has 0 unspecified atom stereocenters. The van der Waals surface area contributed by atoms with E-state index in [1.165, 1.54) is 0 Å². The van der Waals surface area contributed by atoms with Gasteiger partial charge < -0.3 is 10.2 Å². The number of nitrogens with zero attached hydrogens (tertiary/aromatic N) is 4. The number of nitrogens with one attached hydrogen (secondary N) is 1. The van der Waals surface area contributed by atoms with Gasteiger partial charge in [-0.2, -0.15) is 5.10 Å². The minimum atomic E-state index is 0.0489. The number of hydrogen-bond donors (Lipinski definition) is 1. The van der Waals surface area contributed by atoms with Crippen molar-refractivity contribution in [2.45, 2.75) is 19.9 Å². The smallest absolute Gasteiger partial charge is 0.257 e. The lowest BCUT2D eigenvalue weighted by Crippen LogP contribution is -2.35. The van der Waals surface area contributed by atoms with Crippen LogP contribution in [0.3, 0.4) is 0 Å². The first kappa shape index (κ1) is 15.2. The molecule has 0 aromatic carbocycles. The molecule has 118 valence electrons. The van der Waals surface area contributed by atoms with Crippen molar-refractivity contribution in [3.05, 3.63) is 34.0 Å². The Labute approximate surface area is 134 Å². The maximum atomic E-state index is 12.8. The van der Waals surface area contributed by atoms with Gasteiger partial charge in [-0.05, 0) is 32.4 Å². The van der Waals surface area contributed by atoms with Gasteiger partial charge in [0.15, 0.2) is 0 Å². The second-order valence-corrected chi connectivity index (χ2v) is 6.75. The Kier molecular flexibility index (Phi) is 4.54. The van der Waals surface area contributed by atoms with Gasteiger partial charge in [0.2, 0.25) is 0 Å². The fourth-order valence-corrected chi connectivity index (χ4v) is 3.56. The predicted octanol–water partition coefficient (Wildman–Crippen LogP) is 1.44. The van der Waals surface area contributed by atoms with Gasteiger partial charge >= 0.3 is 0 Å². The van der Waals surface area contributed by atoms with Crippen LogP contribution in [-0.2, 0) is 13.6 Å². The molecule has 0 radical (unpaired) electrons. The highest BCUT2D eigenvalue weighted by molar-refractivity contribution is 7.09. The van der Waals surface area contributed by atoms with Gasteiger partial charge in [-0.3, -0.25) is 9.48 Å². The van der Waals surface area contributed by atoms with Crippen LogP contribution in [0.5, 0.6) is 0 Å². The molecule has 7 heteroatoms. The van der Waals surface area contributed by atoms with Gasteiger partial charge in [0.1, 0.15) is 0 Å². The van der Waals surface area contributed by atoms with Crippen molar-refractivity contribution < 1.29 is 4.79 Å². The first-order valence-corrected chi connectivity index (χ1v) is 8.39. The summed E-state index contributed by atoms with van der Waals surface area (Å²) < 4.78 is 1.67. The number of rotatable bonds is 5. The van der Waals surface area contributed by atoms with E-state index in [1.54, 1.807) is 28.4 Å². The number of aryl methyl sites for hydroxylation is 2. The summed E-state index contributed by atoms with van der Waals surface area (Å²) >= 11 is 1.61. The summed E-state index contributed by atoms with van der Waals surface area (Å²) in [5, 5.41) is 7.48. The Hall–Kier alpha value is -1.73. The molecule has 1 atom stereocenters. The molecule has 22 heavy (non-hydrogen) atoms. The lowest BCUT2D eigenvalue weighted by molar-refractivity contribution is 0.0720. The standard InChI is InChI=1S/C15H21N5OS/c1-11-14(22-10-17-11)9-20(7-12-3-4-16-5-12)15(21)13-6-18-19(2)8-13/h6,8,10,12,16H,3-5,7,9H2,1-2H3/t12-/m0/s1. The molecule has 1 N–H and O–H groups in total. The fraction of sp³-hybridized carbons (Fsp3) is 0.533. The van der Waals surface area contributed by atoms with Crippen LogP contribution < -0.4 is 5.32 Å². The molecule has 2 aromatic rings. The summed E-state index contributed by atoms with van der Waals surface area (Å²) in [4.78, 5) is 20.2. The van der Waals surface area contributed by atoms with Crippen LogP contribution in [0.15, 0.2) is 17.9 Å². The molecule has 1 amide bonds. The highest BCUT2D eigenvalue weighted by atomic mass is 32.1. The molecule has 0 bridgehead atoms. The molecule has 6 nitrogen and oxygen atoms in total. The normalized spacial score (nSPS) is 17.8. The summed E-state index contributed by atoms with van der Waals surface area (Å²) in [6, 6.07) is 0. The van der Waals surface area contributed by atoms with Crippen LogP contribution in [0.2, 0.25) is 0 Å². The number of aromatic nitrogens is 3. The molecule has 3 rings (SSSR count). The van der Waals surface area contributed by atoms with E-state index in [4.69, 9.17) is 0 Å². The van der Waals surface area contributed by atoms with Gasteiger partial charge in [0.25, 0.3) is 5.91 Å². The van der Waals surface area contributed by atoms with Crippen molar-refractivity contribution in [3.63, 3.8) is 0 Å². The average Bonchev–Trinajstić information content (AvgIpc) is 3.22. The molecule has 2 aromatic heterocycles. The van der Waals surface area contributed by atoms with Crippen molar-refractivity contribution in [3.8, 4) is 0 Å². The van der Waals surface area contributed by atoms with Crippen LogP contribution in [0.25, 0.3) is 0 Å². The van der Waals surface area contributed by atoms with Gasteiger partial charge in [0, 0.05) is 24.7 Å². The van der Waals surface area contributed by atoms with E-state index in [-0.39, 0.29) is 5.91 Å². The molecule has 1 aliphatic heterocycles. The van der Waals surface area contributed by atoms with Gasteiger partial charge in [-0.15, -0.1) is 11.3 Å². The number of thiazole rings is 1. The first-order chi connectivity index (χ1) is 10.6. The monoisotopic (exact) mass is 319 g/mol. The van der Waals surface area contributed by atoms with Crippen LogP contribution in [0.1, 0.15) is 27.3 Å². The molecule has 1 aliphatic rings. The Balaban J connectivity index is 1.78. The first-order valence-electron chi connectivity index (χ1n) is 7.51.